The van der Waals surface area contributed by atoms with E-state index in [1.807, 2.05) is 12.1 Å². The average Bonchev–Trinajstić information content (AvgIpc) is 3.67. The number of rotatable bonds is 9. The third-order valence-electron chi connectivity index (χ3n) is 10.7. The van der Waals surface area contributed by atoms with Crippen molar-refractivity contribution in [2.24, 2.45) is 0 Å². The molecule has 57 heavy (non-hydrogen) atoms. The summed E-state index contributed by atoms with van der Waals surface area (Å²) >= 11 is 0. The lowest BCUT2D eigenvalue weighted by molar-refractivity contribution is 0.669. The Labute approximate surface area is 333 Å². The Kier molecular flexibility index (Phi) is 8.86. The van der Waals surface area contributed by atoms with Gasteiger partial charge in [-0.25, -0.2) is 0 Å². The summed E-state index contributed by atoms with van der Waals surface area (Å²) in [6, 6.07) is 81.6. The molecule has 10 aromatic rings. The summed E-state index contributed by atoms with van der Waals surface area (Å²) < 4.78 is 6.14. The van der Waals surface area contributed by atoms with Gasteiger partial charge in [-0.15, -0.1) is 0 Å². The fourth-order valence-electron chi connectivity index (χ4n) is 7.79. The lowest BCUT2D eigenvalue weighted by Crippen LogP contribution is -2.09. The fraction of sp³-hybridized carbons (Fsp3) is 0. The zero-order valence-electron chi connectivity index (χ0n) is 31.2. The molecule has 0 aliphatic carbocycles. The third kappa shape index (κ3) is 6.73. The molecule has 0 aliphatic rings. The highest BCUT2D eigenvalue weighted by Crippen LogP contribution is 2.40. The van der Waals surface area contributed by atoms with E-state index < -0.39 is 0 Å². The largest absolute Gasteiger partial charge is 0.456 e. The van der Waals surface area contributed by atoms with E-state index in [1.54, 1.807) is 0 Å². The second kappa shape index (κ2) is 14.9. The molecule has 0 unspecified atom stereocenters. The average molecular weight is 731 g/mol. The highest BCUT2D eigenvalue weighted by atomic mass is 16.3. The molecule has 9 aromatic carbocycles. The molecular formula is C54H38N2O. The molecule has 0 saturated carbocycles. The second-order valence-corrected chi connectivity index (χ2v) is 14.2. The zero-order chi connectivity index (χ0) is 38.0. The van der Waals surface area contributed by atoms with Gasteiger partial charge in [0.15, 0.2) is 0 Å². The zero-order valence-corrected chi connectivity index (χ0v) is 31.2. The molecule has 0 atom stereocenters. The van der Waals surface area contributed by atoms with Gasteiger partial charge in [0.05, 0.1) is 0 Å². The molecule has 0 saturated heterocycles. The van der Waals surface area contributed by atoms with Crippen molar-refractivity contribution >= 4 is 56.1 Å². The van der Waals surface area contributed by atoms with Crippen molar-refractivity contribution in [3.8, 4) is 33.4 Å². The van der Waals surface area contributed by atoms with Gasteiger partial charge in [0, 0.05) is 44.9 Å². The molecule has 3 nitrogen and oxygen atoms in total. The minimum absolute atomic E-state index is 0.892. The van der Waals surface area contributed by atoms with Gasteiger partial charge >= 0.3 is 0 Å². The summed E-state index contributed by atoms with van der Waals surface area (Å²) in [5.74, 6) is 0. The van der Waals surface area contributed by atoms with Crippen LogP contribution in [0.4, 0.5) is 34.1 Å². The monoisotopic (exact) mass is 730 g/mol. The number of para-hydroxylation sites is 4. The van der Waals surface area contributed by atoms with Crippen LogP contribution in [-0.2, 0) is 0 Å². The highest BCUT2D eigenvalue weighted by Gasteiger charge is 2.16. The Morgan fingerprint density at radius 3 is 0.947 bits per heavy atom. The highest BCUT2D eigenvalue weighted by molar-refractivity contribution is 6.06. The minimum atomic E-state index is 0.892. The van der Waals surface area contributed by atoms with E-state index in [0.29, 0.717) is 0 Å². The summed E-state index contributed by atoms with van der Waals surface area (Å²) in [6.07, 6.45) is 0. The number of fused-ring (bicyclic) bond motifs is 3. The Morgan fingerprint density at radius 1 is 0.228 bits per heavy atom. The van der Waals surface area contributed by atoms with Crippen molar-refractivity contribution in [3.63, 3.8) is 0 Å². The maximum absolute atomic E-state index is 6.14. The Bertz CT molecular complexity index is 2860. The number of hydrogen-bond donors (Lipinski definition) is 0. The standard InChI is InChI=1S/C54H38N2O/c1-4-12-45(13-5-1)55(46-14-6-2-7-15-46)48-32-28-43(29-33-48)41-24-20-39(21-25-41)40-22-26-42(27-23-40)44-30-34-49(35-31-44)56(47-16-8-3-9-17-47)50-36-37-54-52(38-50)51-18-10-11-19-53(51)57-54/h1-38H. The number of hydrogen-bond acceptors (Lipinski definition) is 3. The molecule has 0 N–H and O–H groups in total. The molecule has 0 spiro atoms. The van der Waals surface area contributed by atoms with Crippen molar-refractivity contribution in [1.82, 2.24) is 0 Å². The normalized spacial score (nSPS) is 11.2. The van der Waals surface area contributed by atoms with Gasteiger partial charge in [-0.1, -0.05) is 146 Å². The minimum Gasteiger partial charge on any atom is -0.456 e. The number of anilines is 6. The van der Waals surface area contributed by atoms with Crippen LogP contribution in [0.25, 0.3) is 55.3 Å². The van der Waals surface area contributed by atoms with Crippen LogP contribution in [0.1, 0.15) is 0 Å². The van der Waals surface area contributed by atoms with Gasteiger partial charge < -0.3 is 14.2 Å². The lowest BCUT2D eigenvalue weighted by atomic mass is 9.98. The van der Waals surface area contributed by atoms with Crippen molar-refractivity contribution in [3.05, 3.63) is 231 Å². The second-order valence-electron chi connectivity index (χ2n) is 14.2. The Morgan fingerprint density at radius 2 is 0.526 bits per heavy atom. The van der Waals surface area contributed by atoms with Gasteiger partial charge in [0.25, 0.3) is 0 Å². The fourth-order valence-corrected chi connectivity index (χ4v) is 7.79. The predicted octanol–water partition coefficient (Wildman–Crippen LogP) is 15.5. The van der Waals surface area contributed by atoms with E-state index in [0.717, 1.165) is 56.1 Å². The van der Waals surface area contributed by atoms with Crippen LogP contribution in [0, 0.1) is 0 Å². The van der Waals surface area contributed by atoms with Crippen LogP contribution in [0.5, 0.6) is 0 Å². The van der Waals surface area contributed by atoms with Gasteiger partial charge in [0.1, 0.15) is 11.2 Å². The van der Waals surface area contributed by atoms with Crippen LogP contribution >= 0.6 is 0 Å². The molecule has 0 aliphatic heterocycles. The summed E-state index contributed by atoms with van der Waals surface area (Å²) in [6.45, 7) is 0. The summed E-state index contributed by atoms with van der Waals surface area (Å²) in [7, 11) is 0. The van der Waals surface area contributed by atoms with Crippen molar-refractivity contribution < 1.29 is 4.42 Å². The molecule has 10 rings (SSSR count). The molecule has 270 valence electrons. The smallest absolute Gasteiger partial charge is 0.135 e. The van der Waals surface area contributed by atoms with E-state index in [2.05, 4.69) is 228 Å². The number of benzene rings is 9. The third-order valence-corrected chi connectivity index (χ3v) is 10.7. The molecule has 0 bridgehead atoms. The van der Waals surface area contributed by atoms with Gasteiger partial charge in [-0.2, -0.15) is 0 Å². The van der Waals surface area contributed by atoms with Crippen molar-refractivity contribution in [2.45, 2.75) is 0 Å². The van der Waals surface area contributed by atoms with Gasteiger partial charge in [-0.05, 0) is 118 Å². The van der Waals surface area contributed by atoms with E-state index in [1.165, 1.54) is 33.4 Å². The maximum Gasteiger partial charge on any atom is 0.135 e. The van der Waals surface area contributed by atoms with Crippen LogP contribution in [0.3, 0.4) is 0 Å². The van der Waals surface area contributed by atoms with Crippen LogP contribution in [0.2, 0.25) is 0 Å². The first kappa shape index (κ1) is 33.9. The lowest BCUT2D eigenvalue weighted by Gasteiger charge is -2.25. The topological polar surface area (TPSA) is 19.6 Å². The van der Waals surface area contributed by atoms with Crippen LogP contribution < -0.4 is 9.80 Å². The Hall–Kier alpha value is -7.62. The molecular weight excluding hydrogens is 693 g/mol. The van der Waals surface area contributed by atoms with Crippen LogP contribution in [-0.4, -0.2) is 0 Å². The Balaban J connectivity index is 0.874. The molecule has 3 heteroatoms. The van der Waals surface area contributed by atoms with E-state index in [9.17, 15) is 0 Å². The van der Waals surface area contributed by atoms with Crippen LogP contribution in [0.15, 0.2) is 235 Å². The molecule has 1 aromatic heterocycles. The van der Waals surface area contributed by atoms with E-state index >= 15 is 0 Å². The molecule has 1 heterocycles. The van der Waals surface area contributed by atoms with Gasteiger partial charge in [-0.3, -0.25) is 0 Å². The van der Waals surface area contributed by atoms with E-state index in [4.69, 9.17) is 4.42 Å². The van der Waals surface area contributed by atoms with Gasteiger partial charge in [0.2, 0.25) is 0 Å². The maximum atomic E-state index is 6.14. The summed E-state index contributed by atoms with van der Waals surface area (Å²) in [4.78, 5) is 4.59. The first-order valence-corrected chi connectivity index (χ1v) is 19.3. The molecule has 0 amide bonds. The SMILES string of the molecule is c1ccc(N(c2ccccc2)c2ccc(-c3ccc(-c4ccc(-c5ccc(N(c6ccccc6)c6ccc7oc8ccccc8c7c6)cc5)cc4)cc3)cc2)cc1. The first-order chi connectivity index (χ1) is 28.2. The summed E-state index contributed by atoms with van der Waals surface area (Å²) in [5.41, 5.74) is 15.6. The number of furan rings is 1. The first-order valence-electron chi connectivity index (χ1n) is 19.3. The van der Waals surface area contributed by atoms with Crippen molar-refractivity contribution in [2.75, 3.05) is 9.80 Å². The summed E-state index contributed by atoms with van der Waals surface area (Å²) in [5, 5.41) is 2.23. The van der Waals surface area contributed by atoms with Crippen molar-refractivity contribution in [1.29, 1.82) is 0 Å². The molecule has 0 radical (unpaired) electrons. The molecule has 0 fully saturated rings. The number of nitrogens with zero attached hydrogens (tertiary/aromatic N) is 2. The predicted molar refractivity (Wildman–Crippen MR) is 239 cm³/mol. The van der Waals surface area contributed by atoms with E-state index in [-0.39, 0.29) is 0 Å². The quantitative estimate of drug-likeness (QED) is 0.147.